The minimum absolute atomic E-state index is 0.197. The minimum atomic E-state index is -0.710. The van der Waals surface area contributed by atoms with E-state index in [-0.39, 0.29) is 5.82 Å². The lowest BCUT2D eigenvalue weighted by atomic mass is 9.93. The van der Waals surface area contributed by atoms with E-state index in [0.29, 0.717) is 11.1 Å². The number of hydrogen-bond acceptors (Lipinski definition) is 1. The fourth-order valence-corrected chi connectivity index (χ4v) is 2.39. The quantitative estimate of drug-likeness (QED) is 0.858. The second-order valence-corrected chi connectivity index (χ2v) is 5.16. The zero-order chi connectivity index (χ0) is 14.2. The van der Waals surface area contributed by atoms with Crippen molar-refractivity contribution in [2.24, 2.45) is 0 Å². The van der Waals surface area contributed by atoms with Crippen molar-refractivity contribution >= 4 is 0 Å². The van der Waals surface area contributed by atoms with E-state index in [1.807, 2.05) is 32.0 Å². The molecule has 2 aromatic rings. The number of aryl methyl sites for hydroxylation is 3. The molecule has 1 unspecified atom stereocenters. The molecular weight excluding hydrogens is 239 g/mol. The molecule has 0 aliphatic heterocycles. The molecule has 0 saturated carbocycles. The van der Waals surface area contributed by atoms with Crippen LogP contribution in [0.2, 0.25) is 0 Å². The average molecular weight is 258 g/mol. The highest BCUT2D eigenvalue weighted by Crippen LogP contribution is 2.28. The Labute approximate surface area is 113 Å². The molecule has 100 valence electrons. The molecule has 1 nitrogen and oxygen atoms in total. The summed E-state index contributed by atoms with van der Waals surface area (Å²) in [6.45, 7) is 7.47. The maximum atomic E-state index is 13.6. The highest BCUT2D eigenvalue weighted by molar-refractivity contribution is 5.41. The lowest BCUT2D eigenvalue weighted by Gasteiger charge is -2.17. The van der Waals surface area contributed by atoms with Crippen LogP contribution in [0, 0.1) is 33.5 Å². The smallest absolute Gasteiger partial charge is 0.129 e. The van der Waals surface area contributed by atoms with Crippen molar-refractivity contribution in [3.05, 3.63) is 69.5 Å². The summed E-state index contributed by atoms with van der Waals surface area (Å²) in [5, 5.41) is 10.5. The largest absolute Gasteiger partial charge is 0.384 e. The zero-order valence-corrected chi connectivity index (χ0v) is 11.8. The number of aliphatic hydroxyl groups is 1. The Morgan fingerprint density at radius 1 is 0.947 bits per heavy atom. The molecule has 0 saturated heterocycles. The molecule has 0 bridgehead atoms. The SMILES string of the molecule is Cc1cccc(C(O)c2cc(C)c(F)c(C)c2)c1C. The first-order chi connectivity index (χ1) is 8.91. The van der Waals surface area contributed by atoms with Crippen LogP contribution in [0.15, 0.2) is 30.3 Å². The Bertz CT molecular complexity index is 594. The normalized spacial score (nSPS) is 12.5. The van der Waals surface area contributed by atoms with Gasteiger partial charge in [0.25, 0.3) is 0 Å². The Morgan fingerprint density at radius 3 is 2.11 bits per heavy atom. The molecule has 0 fully saturated rings. The van der Waals surface area contributed by atoms with E-state index in [0.717, 1.165) is 22.3 Å². The second-order valence-electron chi connectivity index (χ2n) is 5.16. The van der Waals surface area contributed by atoms with Crippen LogP contribution in [0.5, 0.6) is 0 Å². The summed E-state index contributed by atoms with van der Waals surface area (Å²) in [6, 6.07) is 9.31. The highest BCUT2D eigenvalue weighted by Gasteiger charge is 2.16. The van der Waals surface area contributed by atoms with Gasteiger partial charge in [0, 0.05) is 0 Å². The molecule has 0 radical (unpaired) electrons. The lowest BCUT2D eigenvalue weighted by Crippen LogP contribution is -2.05. The van der Waals surface area contributed by atoms with Gasteiger partial charge in [-0.15, -0.1) is 0 Å². The van der Waals surface area contributed by atoms with Gasteiger partial charge in [0.1, 0.15) is 11.9 Å². The predicted molar refractivity (Wildman–Crippen MR) is 75.9 cm³/mol. The summed E-state index contributed by atoms with van der Waals surface area (Å²) in [6.07, 6.45) is -0.710. The first kappa shape index (κ1) is 13.8. The summed E-state index contributed by atoms with van der Waals surface area (Å²) in [4.78, 5) is 0. The van der Waals surface area contributed by atoms with E-state index < -0.39 is 6.10 Å². The van der Waals surface area contributed by atoms with Gasteiger partial charge in [-0.1, -0.05) is 30.3 Å². The third-order valence-corrected chi connectivity index (χ3v) is 3.72. The Kier molecular flexibility index (Phi) is 3.72. The maximum absolute atomic E-state index is 13.6. The Morgan fingerprint density at radius 2 is 1.53 bits per heavy atom. The Hall–Kier alpha value is -1.67. The van der Waals surface area contributed by atoms with Gasteiger partial charge >= 0.3 is 0 Å². The third kappa shape index (κ3) is 2.54. The van der Waals surface area contributed by atoms with Crippen LogP contribution >= 0.6 is 0 Å². The van der Waals surface area contributed by atoms with Crippen LogP contribution in [-0.4, -0.2) is 5.11 Å². The number of aliphatic hydroxyl groups excluding tert-OH is 1. The van der Waals surface area contributed by atoms with Crippen molar-refractivity contribution in [1.82, 2.24) is 0 Å². The molecule has 2 aromatic carbocycles. The summed E-state index contributed by atoms with van der Waals surface area (Å²) < 4.78 is 13.6. The van der Waals surface area contributed by atoms with Crippen LogP contribution in [0.4, 0.5) is 4.39 Å². The second kappa shape index (κ2) is 5.14. The van der Waals surface area contributed by atoms with Crippen LogP contribution in [-0.2, 0) is 0 Å². The standard InChI is InChI=1S/C17H19FO/c1-10-6-5-7-15(13(10)4)17(19)14-8-11(2)16(18)12(3)9-14/h5-9,17,19H,1-4H3. The molecule has 19 heavy (non-hydrogen) atoms. The van der Waals surface area contributed by atoms with Gasteiger partial charge in [0.15, 0.2) is 0 Å². The van der Waals surface area contributed by atoms with Gasteiger partial charge in [-0.2, -0.15) is 0 Å². The van der Waals surface area contributed by atoms with Gasteiger partial charge in [-0.3, -0.25) is 0 Å². The van der Waals surface area contributed by atoms with Crippen molar-refractivity contribution in [2.45, 2.75) is 33.8 Å². The van der Waals surface area contributed by atoms with E-state index in [4.69, 9.17) is 0 Å². The van der Waals surface area contributed by atoms with E-state index in [2.05, 4.69) is 0 Å². The molecule has 2 rings (SSSR count). The molecule has 1 N–H and O–H groups in total. The Balaban J connectivity index is 2.50. The van der Waals surface area contributed by atoms with Crippen molar-refractivity contribution in [3.8, 4) is 0 Å². The summed E-state index contributed by atoms with van der Waals surface area (Å²) in [5.41, 5.74) is 4.98. The molecule has 0 aliphatic carbocycles. The third-order valence-electron chi connectivity index (χ3n) is 3.72. The highest BCUT2D eigenvalue weighted by atomic mass is 19.1. The van der Waals surface area contributed by atoms with Crippen LogP contribution in [0.3, 0.4) is 0 Å². The lowest BCUT2D eigenvalue weighted by molar-refractivity contribution is 0.219. The monoisotopic (exact) mass is 258 g/mol. The molecule has 0 spiro atoms. The van der Waals surface area contributed by atoms with Crippen molar-refractivity contribution in [1.29, 1.82) is 0 Å². The fraction of sp³-hybridized carbons (Fsp3) is 0.294. The van der Waals surface area contributed by atoms with Gasteiger partial charge < -0.3 is 5.11 Å². The summed E-state index contributed by atoms with van der Waals surface area (Å²) >= 11 is 0. The topological polar surface area (TPSA) is 20.2 Å². The first-order valence-electron chi connectivity index (χ1n) is 6.42. The average Bonchev–Trinajstić information content (AvgIpc) is 2.38. The van der Waals surface area contributed by atoms with Crippen molar-refractivity contribution < 1.29 is 9.50 Å². The number of benzene rings is 2. The van der Waals surface area contributed by atoms with E-state index >= 15 is 0 Å². The van der Waals surface area contributed by atoms with Crippen LogP contribution in [0.1, 0.15) is 39.5 Å². The van der Waals surface area contributed by atoms with Crippen molar-refractivity contribution in [3.63, 3.8) is 0 Å². The number of halogens is 1. The molecule has 0 amide bonds. The molecular formula is C17H19FO. The number of hydrogen-bond donors (Lipinski definition) is 1. The molecule has 1 atom stereocenters. The van der Waals surface area contributed by atoms with Gasteiger partial charge in [-0.25, -0.2) is 4.39 Å². The first-order valence-corrected chi connectivity index (χ1v) is 6.42. The summed E-state index contributed by atoms with van der Waals surface area (Å²) in [5.74, 6) is -0.197. The zero-order valence-electron chi connectivity index (χ0n) is 11.8. The predicted octanol–water partition coefficient (Wildman–Crippen LogP) is 4.14. The van der Waals surface area contributed by atoms with Crippen molar-refractivity contribution in [2.75, 3.05) is 0 Å². The molecule has 0 heterocycles. The number of rotatable bonds is 2. The van der Waals surface area contributed by atoms with Crippen LogP contribution < -0.4 is 0 Å². The van der Waals surface area contributed by atoms with E-state index in [9.17, 15) is 9.50 Å². The van der Waals surface area contributed by atoms with Crippen LogP contribution in [0.25, 0.3) is 0 Å². The molecule has 0 aliphatic rings. The molecule has 2 heteroatoms. The van der Waals surface area contributed by atoms with Gasteiger partial charge in [-0.05, 0) is 61.1 Å². The summed E-state index contributed by atoms with van der Waals surface area (Å²) in [7, 11) is 0. The molecule has 0 aromatic heterocycles. The van der Waals surface area contributed by atoms with Gasteiger partial charge in [0.05, 0.1) is 0 Å². The van der Waals surface area contributed by atoms with E-state index in [1.54, 1.807) is 26.0 Å². The van der Waals surface area contributed by atoms with Gasteiger partial charge in [0.2, 0.25) is 0 Å². The fourth-order valence-electron chi connectivity index (χ4n) is 2.39. The maximum Gasteiger partial charge on any atom is 0.129 e. The van der Waals surface area contributed by atoms with E-state index in [1.165, 1.54) is 0 Å². The minimum Gasteiger partial charge on any atom is -0.384 e.